The average molecular weight is 545 g/mol. The van der Waals surface area contributed by atoms with Gasteiger partial charge in [0, 0.05) is 34.7 Å². The molecule has 0 saturated carbocycles. The van der Waals surface area contributed by atoms with Gasteiger partial charge < -0.3 is 5.11 Å². The number of nitrogens with one attached hydrogen (secondary N) is 1. The number of carboxylic acids is 1. The molecular formula is C20H21F5N2O6S2. The van der Waals surface area contributed by atoms with Gasteiger partial charge in [-0.3, -0.25) is 14.9 Å². The molecular weight excluding hydrogens is 523 g/mol. The third-order valence-electron chi connectivity index (χ3n) is 4.89. The molecule has 0 amide bonds. The van der Waals surface area contributed by atoms with Crippen LogP contribution in [0.15, 0.2) is 41.3 Å². The first-order valence-electron chi connectivity index (χ1n) is 10.1. The molecule has 1 atom stereocenters. The fraction of sp³-hybridized carbons (Fsp3) is 0.450. The standard InChI is InChI=1S/C20H21F5N2O6S2/c21-19(22,20(23,24)25)12-2-4-16(17-11-8-14(34-17)3-1-5-18(28)29)26-35(32,33)15-9-6-13(7-10-15)27(30)31/h6-11,16,26H,1-5,12H2,(H,28,29). The van der Waals surface area contributed by atoms with Crippen LogP contribution in [0.1, 0.15) is 47.9 Å². The van der Waals surface area contributed by atoms with E-state index in [1.807, 2.05) is 0 Å². The number of thiophene rings is 1. The number of hydrogen-bond donors (Lipinski definition) is 2. The van der Waals surface area contributed by atoms with Gasteiger partial charge in [0.25, 0.3) is 5.69 Å². The normalized spacial score (nSPS) is 13.5. The molecule has 0 fully saturated rings. The highest BCUT2D eigenvalue weighted by Crippen LogP contribution is 2.40. The smallest absolute Gasteiger partial charge is 0.453 e. The average Bonchev–Trinajstić information content (AvgIpc) is 3.20. The van der Waals surface area contributed by atoms with Crippen LogP contribution in [-0.4, -0.2) is 36.5 Å². The molecule has 2 rings (SSSR count). The van der Waals surface area contributed by atoms with Gasteiger partial charge in [-0.1, -0.05) is 0 Å². The maximum atomic E-state index is 13.3. The Hall–Kier alpha value is -2.65. The zero-order chi connectivity index (χ0) is 26.4. The highest BCUT2D eigenvalue weighted by Gasteiger charge is 2.56. The highest BCUT2D eigenvalue weighted by molar-refractivity contribution is 7.89. The summed E-state index contributed by atoms with van der Waals surface area (Å²) in [5.41, 5.74) is -0.362. The van der Waals surface area contributed by atoms with Crippen LogP contribution in [0.2, 0.25) is 0 Å². The molecule has 0 aliphatic carbocycles. The van der Waals surface area contributed by atoms with Crippen molar-refractivity contribution < 1.29 is 45.2 Å². The Morgan fingerprint density at radius 1 is 1.09 bits per heavy atom. The number of aryl methyl sites for hydroxylation is 1. The summed E-state index contributed by atoms with van der Waals surface area (Å²) < 4.78 is 92.0. The number of nitro benzene ring substituents is 1. The van der Waals surface area contributed by atoms with Gasteiger partial charge in [0.1, 0.15) is 0 Å². The lowest BCUT2D eigenvalue weighted by Crippen LogP contribution is -2.36. The minimum Gasteiger partial charge on any atom is -0.481 e. The zero-order valence-electron chi connectivity index (χ0n) is 17.9. The summed E-state index contributed by atoms with van der Waals surface area (Å²) in [4.78, 5) is 21.4. The van der Waals surface area contributed by atoms with E-state index in [-0.39, 0.29) is 23.4 Å². The number of non-ortho nitro benzene ring substituents is 1. The number of rotatable bonds is 13. The molecule has 1 aromatic heterocycles. The molecule has 194 valence electrons. The van der Waals surface area contributed by atoms with Crippen molar-refractivity contribution in [2.24, 2.45) is 0 Å². The Bertz CT molecular complexity index is 1130. The first kappa shape index (κ1) is 28.6. The molecule has 0 radical (unpaired) electrons. The molecule has 1 aromatic carbocycles. The predicted octanol–water partition coefficient (Wildman–Crippen LogP) is 5.45. The first-order valence-corrected chi connectivity index (χ1v) is 12.4. The molecule has 1 unspecified atom stereocenters. The summed E-state index contributed by atoms with van der Waals surface area (Å²) in [6.45, 7) is 0. The second-order valence-electron chi connectivity index (χ2n) is 7.57. The van der Waals surface area contributed by atoms with E-state index in [9.17, 15) is 45.3 Å². The van der Waals surface area contributed by atoms with Crippen LogP contribution in [0.4, 0.5) is 27.6 Å². The molecule has 0 saturated heterocycles. The monoisotopic (exact) mass is 544 g/mol. The van der Waals surface area contributed by atoms with Gasteiger partial charge >= 0.3 is 18.1 Å². The van der Waals surface area contributed by atoms with Crippen LogP contribution in [0.25, 0.3) is 0 Å². The largest absolute Gasteiger partial charge is 0.481 e. The number of halogens is 5. The number of carboxylic acid groups (broad SMARTS) is 1. The summed E-state index contributed by atoms with van der Waals surface area (Å²) in [7, 11) is -4.32. The molecule has 2 N–H and O–H groups in total. The van der Waals surface area contributed by atoms with Crippen molar-refractivity contribution in [1.82, 2.24) is 4.72 Å². The quantitative estimate of drug-likeness (QED) is 0.196. The third kappa shape index (κ3) is 8.21. The second kappa shape index (κ2) is 11.4. The van der Waals surface area contributed by atoms with Crippen LogP contribution in [0.3, 0.4) is 0 Å². The van der Waals surface area contributed by atoms with Crippen molar-refractivity contribution in [2.45, 2.75) is 61.6 Å². The minimum absolute atomic E-state index is 0.101. The van der Waals surface area contributed by atoms with Crippen LogP contribution in [0, 0.1) is 10.1 Å². The number of hydrogen-bond acceptors (Lipinski definition) is 6. The molecule has 0 aliphatic rings. The number of sulfonamides is 1. The van der Waals surface area contributed by atoms with Crippen molar-refractivity contribution in [3.8, 4) is 0 Å². The number of benzene rings is 1. The lowest BCUT2D eigenvalue weighted by molar-refractivity contribution is -0.384. The molecule has 2 aromatic rings. The second-order valence-corrected chi connectivity index (χ2v) is 10.5. The Morgan fingerprint density at radius 2 is 1.71 bits per heavy atom. The van der Waals surface area contributed by atoms with E-state index in [0.29, 0.717) is 22.6 Å². The number of alkyl halides is 5. The Kier molecular flexibility index (Phi) is 9.30. The van der Waals surface area contributed by atoms with E-state index >= 15 is 0 Å². The summed E-state index contributed by atoms with van der Waals surface area (Å²) >= 11 is 1.08. The van der Waals surface area contributed by atoms with Gasteiger partial charge in [0.05, 0.1) is 15.9 Å². The topological polar surface area (TPSA) is 127 Å². The van der Waals surface area contributed by atoms with Gasteiger partial charge in [-0.2, -0.15) is 22.0 Å². The van der Waals surface area contributed by atoms with Gasteiger partial charge in [-0.15, -0.1) is 11.3 Å². The summed E-state index contributed by atoms with van der Waals surface area (Å²) in [6, 6.07) is 5.79. The Labute approximate surface area is 201 Å². The molecule has 1 heterocycles. The number of nitrogens with zero attached hydrogens (tertiary/aromatic N) is 1. The minimum atomic E-state index is -5.74. The zero-order valence-corrected chi connectivity index (χ0v) is 19.6. The lowest BCUT2D eigenvalue weighted by Gasteiger charge is -2.22. The Balaban J connectivity index is 2.23. The lowest BCUT2D eigenvalue weighted by atomic mass is 10.1. The molecule has 0 aliphatic heterocycles. The molecule has 0 spiro atoms. The van der Waals surface area contributed by atoms with Crippen molar-refractivity contribution in [3.63, 3.8) is 0 Å². The molecule has 15 heteroatoms. The SMILES string of the molecule is O=C(O)CCCc1ccc(C(CCCC(F)(F)C(F)(F)F)NS(=O)(=O)c2ccc([N+](=O)[O-])cc2)s1. The van der Waals surface area contributed by atoms with Crippen molar-refractivity contribution >= 4 is 33.0 Å². The summed E-state index contributed by atoms with van der Waals surface area (Å²) in [5, 5.41) is 19.5. The van der Waals surface area contributed by atoms with Crippen LogP contribution in [0.5, 0.6) is 0 Å². The van der Waals surface area contributed by atoms with Crippen LogP contribution >= 0.6 is 11.3 Å². The fourth-order valence-electron chi connectivity index (χ4n) is 3.06. The van der Waals surface area contributed by atoms with Gasteiger partial charge in [-0.05, 0) is 49.9 Å². The van der Waals surface area contributed by atoms with E-state index < -0.39 is 51.9 Å². The van der Waals surface area contributed by atoms with E-state index in [0.717, 1.165) is 35.6 Å². The third-order valence-corrected chi connectivity index (χ3v) is 7.64. The van der Waals surface area contributed by atoms with E-state index in [1.54, 1.807) is 6.07 Å². The van der Waals surface area contributed by atoms with Crippen molar-refractivity contribution in [2.75, 3.05) is 0 Å². The van der Waals surface area contributed by atoms with Gasteiger partial charge in [0.15, 0.2) is 0 Å². The maximum absolute atomic E-state index is 13.3. The number of aliphatic carboxylic acids is 1. The van der Waals surface area contributed by atoms with E-state index in [2.05, 4.69) is 4.72 Å². The fourth-order valence-corrected chi connectivity index (χ4v) is 5.53. The van der Waals surface area contributed by atoms with E-state index in [4.69, 9.17) is 5.11 Å². The number of nitro groups is 1. The predicted molar refractivity (Wildman–Crippen MR) is 116 cm³/mol. The molecule has 8 nitrogen and oxygen atoms in total. The Morgan fingerprint density at radius 3 is 2.26 bits per heavy atom. The van der Waals surface area contributed by atoms with Crippen LogP contribution in [-0.2, 0) is 21.2 Å². The van der Waals surface area contributed by atoms with Gasteiger partial charge in [0.2, 0.25) is 10.0 Å². The first-order chi connectivity index (χ1) is 16.1. The van der Waals surface area contributed by atoms with Gasteiger partial charge in [-0.25, -0.2) is 13.1 Å². The van der Waals surface area contributed by atoms with Crippen molar-refractivity contribution in [3.05, 3.63) is 56.3 Å². The summed E-state index contributed by atoms with van der Waals surface area (Å²) in [6.07, 6.45) is -7.77. The van der Waals surface area contributed by atoms with Crippen molar-refractivity contribution in [1.29, 1.82) is 0 Å². The maximum Gasteiger partial charge on any atom is 0.453 e. The van der Waals surface area contributed by atoms with E-state index in [1.165, 1.54) is 6.07 Å². The molecule has 0 bridgehead atoms. The molecule has 35 heavy (non-hydrogen) atoms. The highest BCUT2D eigenvalue weighted by atomic mass is 32.2. The van der Waals surface area contributed by atoms with Crippen LogP contribution < -0.4 is 4.72 Å². The number of carbonyl (C=O) groups is 1. The summed E-state index contributed by atoms with van der Waals surface area (Å²) in [5.74, 6) is -5.94.